The lowest BCUT2D eigenvalue weighted by Crippen LogP contribution is -2.60. The van der Waals surface area contributed by atoms with Crippen molar-refractivity contribution in [1.82, 2.24) is 15.1 Å². The van der Waals surface area contributed by atoms with Crippen LogP contribution in [0.1, 0.15) is 6.42 Å². The van der Waals surface area contributed by atoms with Crippen LogP contribution in [0.25, 0.3) is 0 Å². The Hall–Kier alpha value is -1.30. The van der Waals surface area contributed by atoms with Gasteiger partial charge in [0.2, 0.25) is 5.91 Å². The zero-order valence-corrected chi connectivity index (χ0v) is 8.48. The minimum Gasteiger partial charge on any atom is -0.465 e. The van der Waals surface area contributed by atoms with Gasteiger partial charge in [0.1, 0.15) is 6.04 Å². The summed E-state index contributed by atoms with van der Waals surface area (Å²) in [6.07, 6.45) is -0.329. The third kappa shape index (κ3) is 1.90. The second-order valence-electron chi connectivity index (χ2n) is 3.86. The Bertz CT molecular complexity index is 276. The summed E-state index contributed by atoms with van der Waals surface area (Å²) < 4.78 is 0. The molecule has 0 aliphatic carbocycles. The lowest BCUT2D eigenvalue weighted by molar-refractivity contribution is -0.140. The molecule has 0 radical (unpaired) electrons. The van der Waals surface area contributed by atoms with E-state index in [9.17, 15) is 9.59 Å². The van der Waals surface area contributed by atoms with Crippen LogP contribution in [0.4, 0.5) is 4.79 Å². The molecule has 2 rings (SSSR count). The van der Waals surface area contributed by atoms with Gasteiger partial charge < -0.3 is 15.3 Å². The smallest absolute Gasteiger partial charge is 0.407 e. The minimum atomic E-state index is -0.991. The molecule has 0 spiro atoms. The molecule has 2 N–H and O–H groups in total. The Balaban J connectivity index is 1.92. The molecule has 2 amide bonds. The van der Waals surface area contributed by atoms with Crippen LogP contribution >= 0.6 is 0 Å². The number of likely N-dealkylation sites (tertiary alicyclic amines) is 1. The number of nitrogens with one attached hydrogen (secondary N) is 1. The number of carboxylic acid groups (broad SMARTS) is 1. The molecule has 0 aromatic heterocycles. The first kappa shape index (κ1) is 10.2. The molecule has 84 valence electrons. The summed E-state index contributed by atoms with van der Waals surface area (Å²) >= 11 is 0. The van der Waals surface area contributed by atoms with Crippen molar-refractivity contribution in [2.75, 3.05) is 32.7 Å². The average molecular weight is 213 g/mol. The number of amides is 2. The molecule has 2 aliphatic rings. The molecule has 1 unspecified atom stereocenters. The summed E-state index contributed by atoms with van der Waals surface area (Å²) in [6, 6.07) is -0.430. The highest BCUT2D eigenvalue weighted by atomic mass is 16.4. The van der Waals surface area contributed by atoms with Gasteiger partial charge in [-0.3, -0.25) is 9.69 Å². The molecule has 1 atom stereocenters. The number of hydrogen-bond acceptors (Lipinski definition) is 3. The highest BCUT2D eigenvalue weighted by Crippen LogP contribution is 2.19. The molecule has 6 nitrogen and oxygen atoms in total. The Kier molecular flexibility index (Phi) is 2.77. The summed E-state index contributed by atoms with van der Waals surface area (Å²) in [5.74, 6) is -0.0369. The maximum Gasteiger partial charge on any atom is 0.407 e. The number of rotatable bonds is 1. The topological polar surface area (TPSA) is 72.9 Å². The van der Waals surface area contributed by atoms with Gasteiger partial charge in [0.05, 0.1) is 0 Å². The third-order valence-electron chi connectivity index (χ3n) is 2.98. The largest absolute Gasteiger partial charge is 0.465 e. The van der Waals surface area contributed by atoms with E-state index >= 15 is 0 Å². The lowest BCUT2D eigenvalue weighted by atomic mass is 10.0. The Morgan fingerprint density at radius 2 is 1.87 bits per heavy atom. The summed E-state index contributed by atoms with van der Waals surface area (Å²) in [7, 11) is 0. The molecule has 0 aromatic rings. The van der Waals surface area contributed by atoms with Gasteiger partial charge in [0, 0.05) is 32.7 Å². The normalized spacial score (nSPS) is 26.0. The van der Waals surface area contributed by atoms with Gasteiger partial charge in [0.25, 0.3) is 0 Å². The zero-order valence-electron chi connectivity index (χ0n) is 8.48. The minimum absolute atomic E-state index is 0.0369. The number of hydrogen-bond donors (Lipinski definition) is 2. The molecule has 0 aromatic carbocycles. The van der Waals surface area contributed by atoms with Gasteiger partial charge in [-0.25, -0.2) is 4.79 Å². The van der Waals surface area contributed by atoms with Crippen molar-refractivity contribution in [2.24, 2.45) is 0 Å². The number of nitrogens with zero attached hydrogens (tertiary/aromatic N) is 2. The number of carbonyl (C=O) groups is 2. The summed E-state index contributed by atoms with van der Waals surface area (Å²) in [6.45, 7) is 3.44. The van der Waals surface area contributed by atoms with Gasteiger partial charge >= 0.3 is 6.09 Å². The standard InChI is InChI=1S/C9H15N3O3/c13-8(11-5-2-10-3-6-11)7-1-4-12(7)9(14)15/h7,10H,1-6H2,(H,14,15). The average Bonchev–Trinajstić information content (AvgIpc) is 2.16. The van der Waals surface area contributed by atoms with Crippen LogP contribution in [0.5, 0.6) is 0 Å². The lowest BCUT2D eigenvalue weighted by Gasteiger charge is -2.41. The van der Waals surface area contributed by atoms with Crippen LogP contribution in [0.3, 0.4) is 0 Å². The van der Waals surface area contributed by atoms with Crippen LogP contribution in [-0.4, -0.2) is 65.7 Å². The van der Waals surface area contributed by atoms with Crippen molar-refractivity contribution in [3.8, 4) is 0 Å². The first-order valence-corrected chi connectivity index (χ1v) is 5.19. The summed E-state index contributed by atoms with van der Waals surface area (Å²) in [5, 5.41) is 11.9. The van der Waals surface area contributed by atoms with Crippen molar-refractivity contribution in [1.29, 1.82) is 0 Å². The van der Waals surface area contributed by atoms with Crippen LogP contribution in [0, 0.1) is 0 Å². The molecule has 2 aliphatic heterocycles. The van der Waals surface area contributed by atoms with E-state index in [-0.39, 0.29) is 5.91 Å². The molecule has 2 fully saturated rings. The van der Waals surface area contributed by atoms with E-state index in [4.69, 9.17) is 5.11 Å². The Morgan fingerprint density at radius 1 is 1.20 bits per heavy atom. The monoisotopic (exact) mass is 213 g/mol. The van der Waals surface area contributed by atoms with Crippen molar-refractivity contribution in [3.63, 3.8) is 0 Å². The molecule has 6 heteroatoms. The Morgan fingerprint density at radius 3 is 2.33 bits per heavy atom. The molecule has 2 saturated heterocycles. The molecule has 0 bridgehead atoms. The van der Waals surface area contributed by atoms with Crippen molar-refractivity contribution >= 4 is 12.0 Å². The van der Waals surface area contributed by atoms with Gasteiger partial charge in [-0.1, -0.05) is 0 Å². The van der Waals surface area contributed by atoms with E-state index in [1.807, 2.05) is 0 Å². The van der Waals surface area contributed by atoms with Crippen LogP contribution in [0.15, 0.2) is 0 Å². The Labute approximate surface area is 87.8 Å². The summed E-state index contributed by atoms with van der Waals surface area (Å²) in [5.41, 5.74) is 0. The molecule has 2 heterocycles. The highest BCUT2D eigenvalue weighted by Gasteiger charge is 2.39. The van der Waals surface area contributed by atoms with Crippen molar-refractivity contribution in [3.05, 3.63) is 0 Å². The van der Waals surface area contributed by atoms with E-state index in [0.29, 0.717) is 26.1 Å². The fourth-order valence-corrected chi connectivity index (χ4v) is 1.97. The van der Waals surface area contributed by atoms with Crippen LogP contribution in [-0.2, 0) is 4.79 Å². The molecular formula is C9H15N3O3. The van der Waals surface area contributed by atoms with Gasteiger partial charge in [-0.15, -0.1) is 0 Å². The predicted molar refractivity (Wildman–Crippen MR) is 52.6 cm³/mol. The van der Waals surface area contributed by atoms with Crippen LogP contribution < -0.4 is 5.32 Å². The van der Waals surface area contributed by atoms with Crippen molar-refractivity contribution < 1.29 is 14.7 Å². The fraction of sp³-hybridized carbons (Fsp3) is 0.778. The first-order valence-electron chi connectivity index (χ1n) is 5.19. The van der Waals surface area contributed by atoms with E-state index in [2.05, 4.69) is 5.32 Å². The van der Waals surface area contributed by atoms with Gasteiger partial charge in [-0.2, -0.15) is 0 Å². The maximum atomic E-state index is 11.9. The van der Waals surface area contributed by atoms with Crippen LogP contribution in [0.2, 0.25) is 0 Å². The number of carbonyl (C=O) groups excluding carboxylic acids is 1. The SMILES string of the molecule is O=C(C1CCN1C(=O)O)N1CCNCC1. The highest BCUT2D eigenvalue weighted by molar-refractivity contribution is 5.87. The third-order valence-corrected chi connectivity index (χ3v) is 2.98. The van der Waals surface area contributed by atoms with E-state index in [0.717, 1.165) is 13.1 Å². The number of piperazine rings is 1. The molecule has 0 saturated carbocycles. The van der Waals surface area contributed by atoms with Gasteiger partial charge in [-0.05, 0) is 6.42 Å². The second-order valence-corrected chi connectivity index (χ2v) is 3.86. The van der Waals surface area contributed by atoms with E-state index in [1.165, 1.54) is 4.90 Å². The van der Waals surface area contributed by atoms with E-state index in [1.54, 1.807) is 4.90 Å². The van der Waals surface area contributed by atoms with Crippen molar-refractivity contribution in [2.45, 2.75) is 12.5 Å². The van der Waals surface area contributed by atoms with Gasteiger partial charge in [0.15, 0.2) is 0 Å². The molecule has 15 heavy (non-hydrogen) atoms. The fourth-order valence-electron chi connectivity index (χ4n) is 1.97. The van der Waals surface area contributed by atoms with E-state index < -0.39 is 12.1 Å². The molecular weight excluding hydrogens is 198 g/mol. The maximum absolute atomic E-state index is 11.9. The predicted octanol–water partition coefficient (Wildman–Crippen LogP) is -0.829. The second kappa shape index (κ2) is 4.06. The summed E-state index contributed by atoms with van der Waals surface area (Å²) in [4.78, 5) is 25.6. The quantitative estimate of drug-likeness (QED) is 0.596. The first-order chi connectivity index (χ1) is 7.20. The zero-order chi connectivity index (χ0) is 10.8.